The van der Waals surface area contributed by atoms with Crippen LogP contribution in [0.5, 0.6) is 11.5 Å². The van der Waals surface area contributed by atoms with Crippen molar-refractivity contribution in [3.8, 4) is 11.5 Å². The topological polar surface area (TPSA) is 90.9 Å². The highest BCUT2D eigenvalue weighted by molar-refractivity contribution is 5.99. The number of hydrogen-bond acceptors (Lipinski definition) is 6. The summed E-state index contributed by atoms with van der Waals surface area (Å²) >= 11 is 0. The molecule has 164 valence electrons. The third-order valence-electron chi connectivity index (χ3n) is 4.92. The van der Waals surface area contributed by atoms with Gasteiger partial charge in [0.05, 0.1) is 0 Å². The average Bonchev–Trinajstić information content (AvgIpc) is 2.76. The van der Waals surface area contributed by atoms with Crippen molar-refractivity contribution in [3.63, 3.8) is 0 Å². The first-order valence-corrected chi connectivity index (χ1v) is 10.2. The van der Waals surface area contributed by atoms with E-state index in [1.54, 1.807) is 30.3 Å². The molecule has 0 saturated heterocycles. The Kier molecular flexibility index (Phi) is 6.63. The number of Topliss-reactive ketones (excluding diaryl/α,β-unsaturated/α-hetero) is 1. The van der Waals surface area contributed by atoms with Gasteiger partial charge in [0.25, 0.3) is 5.91 Å². The van der Waals surface area contributed by atoms with Crippen molar-refractivity contribution in [1.82, 2.24) is 5.32 Å². The van der Waals surface area contributed by atoms with Crippen LogP contribution < -0.4 is 14.8 Å². The minimum Gasteiger partial charge on any atom is -0.486 e. The van der Waals surface area contributed by atoms with Crippen LogP contribution in [0.25, 0.3) is 0 Å². The number of rotatable bonds is 6. The lowest BCUT2D eigenvalue weighted by atomic mass is 9.86. The molecule has 0 aromatic heterocycles. The summed E-state index contributed by atoms with van der Waals surface area (Å²) in [6.07, 6.45) is 0. The van der Waals surface area contributed by atoms with Crippen molar-refractivity contribution in [2.24, 2.45) is 0 Å². The van der Waals surface area contributed by atoms with Crippen LogP contribution in [0.15, 0.2) is 42.5 Å². The zero-order chi connectivity index (χ0) is 22.6. The Balaban J connectivity index is 1.52. The van der Waals surface area contributed by atoms with Crippen molar-refractivity contribution in [2.75, 3.05) is 19.8 Å². The summed E-state index contributed by atoms with van der Waals surface area (Å²) in [5, 5.41) is 2.60. The fraction of sp³-hybridized carbons (Fsp3) is 0.375. The molecule has 0 bridgehead atoms. The van der Waals surface area contributed by atoms with Crippen LogP contribution in [0.3, 0.4) is 0 Å². The lowest BCUT2D eigenvalue weighted by Gasteiger charge is -2.19. The maximum atomic E-state index is 12.4. The lowest BCUT2D eigenvalue weighted by molar-refractivity contribution is -0.144. The highest BCUT2D eigenvalue weighted by Gasteiger charge is 2.21. The number of amides is 1. The number of hydrogen-bond donors (Lipinski definition) is 1. The van der Waals surface area contributed by atoms with Gasteiger partial charge in [0.15, 0.2) is 23.9 Å². The molecule has 7 nitrogen and oxygen atoms in total. The van der Waals surface area contributed by atoms with E-state index in [-0.39, 0.29) is 17.1 Å². The average molecular weight is 425 g/mol. The summed E-state index contributed by atoms with van der Waals surface area (Å²) in [5.74, 6) is -0.386. The van der Waals surface area contributed by atoms with E-state index < -0.39 is 18.6 Å². The first-order chi connectivity index (χ1) is 14.6. The third-order valence-corrected chi connectivity index (χ3v) is 4.92. The second-order valence-corrected chi connectivity index (χ2v) is 8.41. The maximum Gasteiger partial charge on any atom is 0.328 e. The molecule has 0 unspecified atom stereocenters. The SMILES string of the molecule is C[C@H](NC(=O)c1ccc(C(C)(C)C)cc1)C(=O)OCC(=O)c1ccc2c(c1)OCCO2. The van der Waals surface area contributed by atoms with Crippen molar-refractivity contribution >= 4 is 17.7 Å². The molecule has 2 aromatic rings. The Morgan fingerprint density at radius 2 is 1.58 bits per heavy atom. The zero-order valence-electron chi connectivity index (χ0n) is 18.2. The van der Waals surface area contributed by atoms with Crippen molar-refractivity contribution in [1.29, 1.82) is 0 Å². The summed E-state index contributed by atoms with van der Waals surface area (Å²) in [5.41, 5.74) is 1.89. The Morgan fingerprint density at radius 1 is 0.968 bits per heavy atom. The van der Waals surface area contributed by atoms with Gasteiger partial charge in [0.1, 0.15) is 19.3 Å². The van der Waals surface area contributed by atoms with Crippen LogP contribution in [0.4, 0.5) is 0 Å². The molecule has 1 atom stereocenters. The molecule has 2 aromatic carbocycles. The second-order valence-electron chi connectivity index (χ2n) is 8.41. The van der Waals surface area contributed by atoms with Crippen LogP contribution >= 0.6 is 0 Å². The second kappa shape index (κ2) is 9.20. The predicted octanol–water partition coefficient (Wildman–Crippen LogP) is 3.30. The summed E-state index contributed by atoms with van der Waals surface area (Å²) in [6, 6.07) is 11.1. The first kappa shape index (κ1) is 22.3. The van der Waals surface area contributed by atoms with E-state index in [4.69, 9.17) is 14.2 Å². The molecule has 1 N–H and O–H groups in total. The number of esters is 1. The highest BCUT2D eigenvalue weighted by atomic mass is 16.6. The van der Waals surface area contributed by atoms with Crippen LogP contribution in [-0.4, -0.2) is 43.5 Å². The van der Waals surface area contributed by atoms with E-state index in [1.165, 1.54) is 6.92 Å². The van der Waals surface area contributed by atoms with Gasteiger partial charge in [-0.25, -0.2) is 4.79 Å². The summed E-state index contributed by atoms with van der Waals surface area (Å²) in [7, 11) is 0. The molecule has 7 heteroatoms. The normalized spacial score (nSPS) is 13.8. The van der Waals surface area contributed by atoms with Gasteiger partial charge in [-0.2, -0.15) is 0 Å². The van der Waals surface area contributed by atoms with Crippen molar-refractivity contribution in [3.05, 3.63) is 59.2 Å². The number of ketones is 1. The molecule has 0 spiro atoms. The Bertz CT molecular complexity index is 975. The highest BCUT2D eigenvalue weighted by Crippen LogP contribution is 2.30. The standard InChI is InChI=1S/C24H27NO6/c1-15(25-22(27)16-5-8-18(9-6-16)24(2,3)4)23(28)31-14-19(26)17-7-10-20-21(13-17)30-12-11-29-20/h5-10,13,15H,11-12,14H2,1-4H3,(H,25,27)/t15-/m0/s1. The number of carbonyl (C=O) groups excluding carboxylic acids is 3. The lowest BCUT2D eigenvalue weighted by Crippen LogP contribution is -2.40. The fourth-order valence-corrected chi connectivity index (χ4v) is 3.02. The van der Waals surface area contributed by atoms with Gasteiger partial charge in [-0.1, -0.05) is 32.9 Å². The van der Waals surface area contributed by atoms with Crippen molar-refractivity contribution < 1.29 is 28.6 Å². The number of nitrogens with one attached hydrogen (secondary N) is 1. The van der Waals surface area contributed by atoms with Crippen molar-refractivity contribution in [2.45, 2.75) is 39.2 Å². The van der Waals surface area contributed by atoms with E-state index in [0.29, 0.717) is 35.8 Å². The molecular formula is C24H27NO6. The van der Waals surface area contributed by atoms with Gasteiger partial charge < -0.3 is 19.5 Å². The van der Waals surface area contributed by atoms with Gasteiger partial charge in [-0.05, 0) is 48.2 Å². The molecular weight excluding hydrogens is 398 g/mol. The third kappa shape index (κ3) is 5.63. The first-order valence-electron chi connectivity index (χ1n) is 10.2. The molecule has 31 heavy (non-hydrogen) atoms. The Morgan fingerprint density at radius 3 is 2.23 bits per heavy atom. The van der Waals surface area contributed by atoms with Gasteiger partial charge in [-0.3, -0.25) is 9.59 Å². The van der Waals surface area contributed by atoms with Gasteiger partial charge in [-0.15, -0.1) is 0 Å². The Hall–Kier alpha value is -3.35. The molecule has 0 saturated carbocycles. The van der Waals surface area contributed by atoms with Crippen LogP contribution in [0.1, 0.15) is 54.0 Å². The van der Waals surface area contributed by atoms with E-state index >= 15 is 0 Å². The largest absolute Gasteiger partial charge is 0.486 e. The minimum atomic E-state index is -0.900. The molecule has 1 amide bonds. The maximum absolute atomic E-state index is 12.4. The predicted molar refractivity (Wildman–Crippen MR) is 115 cm³/mol. The number of carbonyl (C=O) groups is 3. The van der Waals surface area contributed by atoms with E-state index in [9.17, 15) is 14.4 Å². The molecule has 0 radical (unpaired) electrons. The number of benzene rings is 2. The van der Waals surface area contributed by atoms with Gasteiger partial charge in [0, 0.05) is 11.1 Å². The van der Waals surface area contributed by atoms with Crippen LogP contribution in [0, 0.1) is 0 Å². The van der Waals surface area contributed by atoms with Crippen LogP contribution in [-0.2, 0) is 14.9 Å². The quantitative estimate of drug-likeness (QED) is 0.564. The molecule has 1 heterocycles. The molecule has 0 aliphatic carbocycles. The number of ether oxygens (including phenoxy) is 3. The van der Waals surface area contributed by atoms with Crippen LogP contribution in [0.2, 0.25) is 0 Å². The minimum absolute atomic E-state index is 0.0180. The summed E-state index contributed by atoms with van der Waals surface area (Å²) in [4.78, 5) is 37.0. The monoisotopic (exact) mass is 425 g/mol. The summed E-state index contributed by atoms with van der Waals surface area (Å²) in [6.45, 7) is 8.22. The smallest absolute Gasteiger partial charge is 0.328 e. The fourth-order valence-electron chi connectivity index (χ4n) is 3.02. The van der Waals surface area contributed by atoms with Gasteiger partial charge in [0.2, 0.25) is 0 Å². The molecule has 3 rings (SSSR count). The molecule has 1 aliphatic heterocycles. The van der Waals surface area contributed by atoms with E-state index in [1.807, 2.05) is 12.1 Å². The molecule has 0 fully saturated rings. The van der Waals surface area contributed by atoms with E-state index in [0.717, 1.165) is 5.56 Å². The number of fused-ring (bicyclic) bond motifs is 1. The zero-order valence-corrected chi connectivity index (χ0v) is 18.2. The van der Waals surface area contributed by atoms with E-state index in [2.05, 4.69) is 26.1 Å². The molecule has 1 aliphatic rings. The Labute approximate surface area is 181 Å². The summed E-state index contributed by atoms with van der Waals surface area (Å²) < 4.78 is 16.0. The van der Waals surface area contributed by atoms with Gasteiger partial charge >= 0.3 is 5.97 Å².